The third kappa shape index (κ3) is 4.27. The first kappa shape index (κ1) is 17.1. The first-order valence-electron chi connectivity index (χ1n) is 7.30. The summed E-state index contributed by atoms with van der Waals surface area (Å²) in [6.45, 7) is 14.5. The van der Waals surface area contributed by atoms with Gasteiger partial charge in [-0.15, -0.1) is 11.8 Å². The molecule has 0 bridgehead atoms. The van der Waals surface area contributed by atoms with E-state index >= 15 is 0 Å². The summed E-state index contributed by atoms with van der Waals surface area (Å²) in [6, 6.07) is 6.88. The predicted molar refractivity (Wildman–Crippen MR) is 88.4 cm³/mol. The van der Waals surface area contributed by atoms with Crippen molar-refractivity contribution < 1.29 is 4.79 Å². The first-order chi connectivity index (χ1) is 9.23. The molecule has 1 unspecified atom stereocenters. The molecule has 112 valence electrons. The summed E-state index contributed by atoms with van der Waals surface area (Å²) >= 11 is 1.66. The smallest absolute Gasteiger partial charge is 0.236 e. The highest BCUT2D eigenvalue weighted by Gasteiger charge is 2.25. The van der Waals surface area contributed by atoms with Crippen LogP contribution in [0.3, 0.4) is 0 Å². The Hall–Kier alpha value is -0.960. The lowest BCUT2D eigenvalue weighted by Gasteiger charge is -2.33. The summed E-state index contributed by atoms with van der Waals surface area (Å²) in [6.07, 6.45) is 0. The summed E-state index contributed by atoms with van der Waals surface area (Å²) in [4.78, 5) is 15.8. The summed E-state index contributed by atoms with van der Waals surface area (Å²) in [5.41, 5.74) is 2.51. The van der Waals surface area contributed by atoms with Gasteiger partial charge in [0, 0.05) is 17.0 Å². The normalized spacial score (nSPS) is 12.8. The van der Waals surface area contributed by atoms with Crippen LogP contribution in [0, 0.1) is 13.8 Å². The molecule has 0 heterocycles. The molecule has 0 aromatic heterocycles. The van der Waals surface area contributed by atoms with Gasteiger partial charge in [-0.05, 0) is 60.1 Å². The molecule has 0 aliphatic rings. The van der Waals surface area contributed by atoms with Gasteiger partial charge < -0.3 is 4.90 Å². The SMILES string of the molecule is Cc1ccc(SC(C)C(=O)N(C(C)C)C(C)C)c(C)c1. The van der Waals surface area contributed by atoms with E-state index < -0.39 is 0 Å². The summed E-state index contributed by atoms with van der Waals surface area (Å²) in [7, 11) is 0. The molecule has 0 radical (unpaired) electrons. The Labute approximate surface area is 127 Å². The average molecular weight is 293 g/mol. The van der Waals surface area contributed by atoms with Crippen molar-refractivity contribution in [3.63, 3.8) is 0 Å². The van der Waals surface area contributed by atoms with E-state index in [-0.39, 0.29) is 23.2 Å². The van der Waals surface area contributed by atoms with Gasteiger partial charge >= 0.3 is 0 Å². The highest BCUT2D eigenvalue weighted by Crippen LogP contribution is 2.29. The van der Waals surface area contributed by atoms with Crippen LogP contribution in [-0.4, -0.2) is 28.1 Å². The number of carbonyl (C=O) groups is 1. The molecule has 1 rings (SSSR count). The Balaban J connectivity index is 2.84. The lowest BCUT2D eigenvalue weighted by atomic mass is 10.2. The van der Waals surface area contributed by atoms with E-state index in [0.29, 0.717) is 0 Å². The quantitative estimate of drug-likeness (QED) is 0.749. The van der Waals surface area contributed by atoms with E-state index in [0.717, 1.165) is 0 Å². The lowest BCUT2D eigenvalue weighted by molar-refractivity contribution is -0.133. The van der Waals surface area contributed by atoms with E-state index in [4.69, 9.17) is 0 Å². The topological polar surface area (TPSA) is 20.3 Å². The number of carbonyl (C=O) groups excluding carboxylic acids is 1. The molecule has 0 saturated heterocycles. The number of amides is 1. The van der Waals surface area contributed by atoms with E-state index in [1.165, 1.54) is 16.0 Å². The largest absolute Gasteiger partial charge is 0.337 e. The van der Waals surface area contributed by atoms with Crippen molar-refractivity contribution in [2.75, 3.05) is 0 Å². The van der Waals surface area contributed by atoms with Gasteiger partial charge in [-0.1, -0.05) is 17.7 Å². The monoisotopic (exact) mass is 293 g/mol. The fraction of sp³-hybridized carbons (Fsp3) is 0.588. The molecule has 0 fully saturated rings. The van der Waals surface area contributed by atoms with Gasteiger partial charge in [0.05, 0.1) is 5.25 Å². The predicted octanol–water partition coefficient (Wildman–Crippen LogP) is 4.43. The third-order valence-corrected chi connectivity index (χ3v) is 4.62. The van der Waals surface area contributed by atoms with Crippen molar-refractivity contribution in [1.29, 1.82) is 0 Å². The maximum Gasteiger partial charge on any atom is 0.236 e. The molecular weight excluding hydrogens is 266 g/mol. The van der Waals surface area contributed by atoms with Crippen LogP contribution in [0.5, 0.6) is 0 Å². The number of aryl methyl sites for hydroxylation is 2. The second kappa shape index (κ2) is 7.16. The molecule has 1 atom stereocenters. The molecule has 20 heavy (non-hydrogen) atoms. The van der Waals surface area contributed by atoms with E-state index in [9.17, 15) is 4.79 Å². The van der Waals surface area contributed by atoms with Crippen LogP contribution in [0.15, 0.2) is 23.1 Å². The van der Waals surface area contributed by atoms with Crippen molar-refractivity contribution in [1.82, 2.24) is 4.90 Å². The van der Waals surface area contributed by atoms with Crippen LogP contribution in [0.25, 0.3) is 0 Å². The molecule has 2 nitrogen and oxygen atoms in total. The van der Waals surface area contributed by atoms with Crippen molar-refractivity contribution in [3.05, 3.63) is 29.3 Å². The minimum Gasteiger partial charge on any atom is -0.337 e. The van der Waals surface area contributed by atoms with Crippen LogP contribution in [-0.2, 0) is 4.79 Å². The van der Waals surface area contributed by atoms with Gasteiger partial charge in [0.25, 0.3) is 0 Å². The number of benzene rings is 1. The molecule has 0 N–H and O–H groups in total. The standard InChI is InChI=1S/C17H27NOS/c1-11(2)18(12(3)4)17(19)15(7)20-16-9-8-13(5)10-14(16)6/h8-12,15H,1-7H3. The Morgan fingerprint density at radius 3 is 2.05 bits per heavy atom. The van der Waals surface area contributed by atoms with Gasteiger partial charge in [0.15, 0.2) is 0 Å². The zero-order valence-electron chi connectivity index (χ0n) is 13.7. The summed E-state index contributed by atoms with van der Waals surface area (Å²) < 4.78 is 0. The second-order valence-electron chi connectivity index (χ2n) is 5.96. The van der Waals surface area contributed by atoms with Crippen LogP contribution >= 0.6 is 11.8 Å². The molecule has 0 spiro atoms. The van der Waals surface area contributed by atoms with Gasteiger partial charge in [0.1, 0.15) is 0 Å². The Morgan fingerprint density at radius 2 is 1.60 bits per heavy atom. The van der Waals surface area contributed by atoms with Crippen LogP contribution < -0.4 is 0 Å². The van der Waals surface area contributed by atoms with Crippen molar-refractivity contribution in [2.24, 2.45) is 0 Å². The minimum absolute atomic E-state index is 0.0544. The van der Waals surface area contributed by atoms with Gasteiger partial charge in [0.2, 0.25) is 5.91 Å². The molecule has 1 amide bonds. The number of hydrogen-bond donors (Lipinski definition) is 0. The molecule has 1 aromatic rings. The van der Waals surface area contributed by atoms with Crippen LogP contribution in [0.4, 0.5) is 0 Å². The van der Waals surface area contributed by atoms with Crippen molar-refractivity contribution >= 4 is 17.7 Å². The highest BCUT2D eigenvalue weighted by molar-refractivity contribution is 8.00. The van der Waals surface area contributed by atoms with Crippen LogP contribution in [0.2, 0.25) is 0 Å². The minimum atomic E-state index is -0.0544. The van der Waals surface area contributed by atoms with Gasteiger partial charge in [-0.2, -0.15) is 0 Å². The molecule has 1 aromatic carbocycles. The maximum absolute atomic E-state index is 12.6. The molecule has 0 aliphatic carbocycles. The van der Waals surface area contributed by atoms with Gasteiger partial charge in [-0.3, -0.25) is 4.79 Å². The van der Waals surface area contributed by atoms with E-state index in [1.807, 2.05) is 11.8 Å². The van der Waals surface area contributed by atoms with E-state index in [2.05, 4.69) is 59.7 Å². The lowest BCUT2D eigenvalue weighted by Crippen LogP contribution is -2.45. The van der Waals surface area contributed by atoms with E-state index in [1.54, 1.807) is 11.8 Å². The van der Waals surface area contributed by atoms with Gasteiger partial charge in [-0.25, -0.2) is 0 Å². The number of nitrogens with zero attached hydrogens (tertiary/aromatic N) is 1. The Morgan fingerprint density at radius 1 is 1.05 bits per heavy atom. The average Bonchev–Trinajstić information content (AvgIpc) is 2.31. The van der Waals surface area contributed by atoms with Crippen LogP contribution in [0.1, 0.15) is 45.7 Å². The Kier molecular flexibility index (Phi) is 6.12. The molecule has 0 saturated carbocycles. The summed E-state index contributed by atoms with van der Waals surface area (Å²) in [5.74, 6) is 0.222. The van der Waals surface area contributed by atoms with Crippen molar-refractivity contribution in [2.45, 2.75) is 70.7 Å². The fourth-order valence-corrected chi connectivity index (χ4v) is 3.48. The second-order valence-corrected chi connectivity index (χ2v) is 7.34. The number of hydrogen-bond acceptors (Lipinski definition) is 2. The summed E-state index contributed by atoms with van der Waals surface area (Å²) in [5, 5.41) is -0.0544. The fourth-order valence-electron chi connectivity index (χ4n) is 2.49. The molecule has 3 heteroatoms. The molecular formula is C17H27NOS. The molecule has 0 aliphatic heterocycles. The first-order valence-corrected chi connectivity index (χ1v) is 8.18. The number of thioether (sulfide) groups is 1. The zero-order chi connectivity index (χ0) is 15.4. The number of rotatable bonds is 5. The maximum atomic E-state index is 12.6. The Bertz CT molecular complexity index is 460. The highest BCUT2D eigenvalue weighted by atomic mass is 32.2. The third-order valence-electron chi connectivity index (χ3n) is 3.35. The van der Waals surface area contributed by atoms with Crippen molar-refractivity contribution in [3.8, 4) is 0 Å². The zero-order valence-corrected chi connectivity index (χ0v) is 14.5.